The van der Waals surface area contributed by atoms with Gasteiger partial charge in [-0.25, -0.2) is 0 Å². The highest BCUT2D eigenvalue weighted by Gasteiger charge is 2.05. The fourth-order valence-corrected chi connectivity index (χ4v) is 2.14. The van der Waals surface area contributed by atoms with Crippen molar-refractivity contribution in [3.8, 4) is 0 Å². The number of Topliss-reactive ketones (excluding diaryl/α,β-unsaturated/α-hetero) is 1. The van der Waals surface area contributed by atoms with Crippen LogP contribution in [-0.4, -0.2) is 15.8 Å². The van der Waals surface area contributed by atoms with Crippen LogP contribution in [0.2, 0.25) is 0 Å². The lowest BCUT2D eigenvalue weighted by Gasteiger charge is -2.03. The van der Waals surface area contributed by atoms with Crippen LogP contribution in [-0.2, 0) is 17.6 Å². The van der Waals surface area contributed by atoms with E-state index in [0.29, 0.717) is 12.8 Å². The van der Waals surface area contributed by atoms with Crippen molar-refractivity contribution >= 4 is 5.78 Å². The van der Waals surface area contributed by atoms with Crippen LogP contribution in [0.15, 0.2) is 36.4 Å². The highest BCUT2D eigenvalue weighted by molar-refractivity contribution is 5.78. The molecule has 2 aromatic heterocycles. The fraction of sp³-hybridized carbons (Fsp3) is 0.353. The Bertz CT molecular complexity index is 542. The van der Waals surface area contributed by atoms with E-state index >= 15 is 0 Å². The number of carbonyl (C=O) groups excluding carboxylic acids is 1. The van der Waals surface area contributed by atoms with Crippen LogP contribution in [0.1, 0.15) is 35.6 Å². The Hall–Kier alpha value is -2.03. The van der Waals surface area contributed by atoms with Crippen LogP contribution in [0, 0.1) is 13.8 Å². The summed E-state index contributed by atoms with van der Waals surface area (Å²) in [5.74, 6) is 0.275. The molecule has 0 aliphatic heterocycles. The maximum absolute atomic E-state index is 11.9. The summed E-state index contributed by atoms with van der Waals surface area (Å²) in [6.45, 7) is 3.93. The van der Waals surface area contributed by atoms with E-state index in [1.165, 1.54) is 0 Å². The van der Waals surface area contributed by atoms with Crippen LogP contribution < -0.4 is 0 Å². The molecule has 0 atom stereocenters. The van der Waals surface area contributed by atoms with E-state index in [1.54, 1.807) is 0 Å². The van der Waals surface area contributed by atoms with Gasteiger partial charge in [0.2, 0.25) is 0 Å². The molecule has 2 aromatic rings. The summed E-state index contributed by atoms with van der Waals surface area (Å²) < 4.78 is 0. The third kappa shape index (κ3) is 4.57. The fourth-order valence-electron chi connectivity index (χ4n) is 2.14. The Labute approximate surface area is 120 Å². The Kier molecular flexibility index (Phi) is 4.99. The smallest absolute Gasteiger partial charge is 0.133 e. The van der Waals surface area contributed by atoms with Gasteiger partial charge in [-0.15, -0.1) is 0 Å². The number of hydrogen-bond acceptors (Lipinski definition) is 3. The minimum Gasteiger partial charge on any atom is -0.300 e. The summed E-state index contributed by atoms with van der Waals surface area (Å²) in [5, 5.41) is 0. The highest BCUT2D eigenvalue weighted by atomic mass is 16.1. The van der Waals surface area contributed by atoms with Crippen molar-refractivity contribution in [1.29, 1.82) is 0 Å². The molecule has 3 heteroatoms. The average molecular weight is 268 g/mol. The first-order valence-electron chi connectivity index (χ1n) is 7.00. The van der Waals surface area contributed by atoms with Crippen molar-refractivity contribution in [2.45, 2.75) is 39.5 Å². The molecule has 20 heavy (non-hydrogen) atoms. The lowest BCUT2D eigenvalue weighted by molar-refractivity contribution is -0.119. The molecule has 2 rings (SSSR count). The van der Waals surface area contributed by atoms with Gasteiger partial charge in [0.05, 0.1) is 0 Å². The number of aromatic nitrogens is 2. The lowest BCUT2D eigenvalue weighted by Crippen LogP contribution is -2.04. The summed E-state index contributed by atoms with van der Waals surface area (Å²) in [4.78, 5) is 20.7. The van der Waals surface area contributed by atoms with Gasteiger partial charge in [0.15, 0.2) is 0 Å². The summed E-state index contributed by atoms with van der Waals surface area (Å²) in [7, 11) is 0. The van der Waals surface area contributed by atoms with Gasteiger partial charge in [-0.2, -0.15) is 0 Å². The highest BCUT2D eigenvalue weighted by Crippen LogP contribution is 2.06. The second-order valence-corrected chi connectivity index (χ2v) is 5.08. The van der Waals surface area contributed by atoms with Gasteiger partial charge in [0.1, 0.15) is 5.78 Å². The number of nitrogens with zero attached hydrogens (tertiary/aromatic N) is 2. The van der Waals surface area contributed by atoms with Crippen molar-refractivity contribution in [1.82, 2.24) is 9.97 Å². The summed E-state index contributed by atoms with van der Waals surface area (Å²) in [5.41, 5.74) is 3.98. The number of carbonyl (C=O) groups is 1. The molecule has 3 nitrogen and oxygen atoms in total. The lowest BCUT2D eigenvalue weighted by atomic mass is 10.1. The minimum absolute atomic E-state index is 0.275. The molecule has 0 aliphatic carbocycles. The van der Waals surface area contributed by atoms with Gasteiger partial charge in [-0.3, -0.25) is 14.8 Å². The zero-order valence-corrected chi connectivity index (χ0v) is 12.1. The molecule has 0 aliphatic rings. The van der Waals surface area contributed by atoms with E-state index in [0.717, 1.165) is 35.6 Å². The number of aryl methyl sites for hydroxylation is 4. The van der Waals surface area contributed by atoms with Crippen molar-refractivity contribution in [3.05, 3.63) is 59.2 Å². The SMILES string of the molecule is Cc1cccc(CCC(=O)CCc2cccc(C)n2)n1. The van der Waals surface area contributed by atoms with Crippen molar-refractivity contribution in [3.63, 3.8) is 0 Å². The average Bonchev–Trinajstić information content (AvgIpc) is 2.43. The van der Waals surface area contributed by atoms with E-state index in [1.807, 2.05) is 50.2 Å². The molecule has 104 valence electrons. The Morgan fingerprint density at radius 2 is 1.30 bits per heavy atom. The van der Waals surface area contributed by atoms with Crippen LogP contribution in [0.5, 0.6) is 0 Å². The molecule has 0 radical (unpaired) electrons. The molecule has 0 saturated carbocycles. The standard InChI is InChI=1S/C17H20N2O/c1-13-5-3-7-15(18-13)9-11-17(20)12-10-16-8-4-6-14(2)19-16/h3-8H,9-12H2,1-2H3. The number of hydrogen-bond donors (Lipinski definition) is 0. The molecule has 0 spiro atoms. The number of ketones is 1. The van der Waals surface area contributed by atoms with Crippen LogP contribution in [0.25, 0.3) is 0 Å². The van der Waals surface area contributed by atoms with Crippen molar-refractivity contribution < 1.29 is 4.79 Å². The molecular weight excluding hydrogens is 248 g/mol. The van der Waals surface area contributed by atoms with Crippen LogP contribution in [0.4, 0.5) is 0 Å². The molecule has 0 amide bonds. The number of rotatable bonds is 6. The van der Waals surface area contributed by atoms with Crippen molar-refractivity contribution in [2.24, 2.45) is 0 Å². The van der Waals surface area contributed by atoms with Crippen LogP contribution >= 0.6 is 0 Å². The van der Waals surface area contributed by atoms with Gasteiger partial charge < -0.3 is 0 Å². The third-order valence-electron chi connectivity index (χ3n) is 3.21. The molecular formula is C17H20N2O. The predicted octanol–water partition coefficient (Wildman–Crippen LogP) is 3.23. The summed E-state index contributed by atoms with van der Waals surface area (Å²) >= 11 is 0. The van der Waals surface area contributed by atoms with Crippen LogP contribution in [0.3, 0.4) is 0 Å². The quantitative estimate of drug-likeness (QED) is 0.807. The molecule has 2 heterocycles. The first-order chi connectivity index (χ1) is 9.63. The topological polar surface area (TPSA) is 42.9 Å². The van der Waals surface area contributed by atoms with Gasteiger partial charge in [0, 0.05) is 35.6 Å². The second kappa shape index (κ2) is 6.94. The van der Waals surface area contributed by atoms with E-state index < -0.39 is 0 Å². The maximum atomic E-state index is 11.9. The number of pyridine rings is 2. The Morgan fingerprint density at radius 3 is 1.70 bits per heavy atom. The van der Waals surface area contributed by atoms with Gasteiger partial charge in [-0.1, -0.05) is 12.1 Å². The molecule has 0 N–H and O–H groups in total. The maximum Gasteiger partial charge on any atom is 0.133 e. The molecule has 0 aromatic carbocycles. The van der Waals surface area contributed by atoms with E-state index in [9.17, 15) is 4.79 Å². The Morgan fingerprint density at radius 1 is 0.850 bits per heavy atom. The normalized spacial score (nSPS) is 10.5. The van der Waals surface area contributed by atoms with Crippen molar-refractivity contribution in [2.75, 3.05) is 0 Å². The monoisotopic (exact) mass is 268 g/mol. The van der Waals surface area contributed by atoms with Gasteiger partial charge in [-0.05, 0) is 51.0 Å². The molecule has 0 bridgehead atoms. The third-order valence-corrected chi connectivity index (χ3v) is 3.21. The van der Waals surface area contributed by atoms with Gasteiger partial charge in [0.25, 0.3) is 0 Å². The van der Waals surface area contributed by atoms with E-state index in [4.69, 9.17) is 0 Å². The summed E-state index contributed by atoms with van der Waals surface area (Å²) in [6.07, 6.45) is 2.56. The molecule has 0 fully saturated rings. The first-order valence-corrected chi connectivity index (χ1v) is 7.00. The van der Waals surface area contributed by atoms with Gasteiger partial charge >= 0.3 is 0 Å². The molecule has 0 unspecified atom stereocenters. The summed E-state index contributed by atoms with van der Waals surface area (Å²) in [6, 6.07) is 11.9. The first kappa shape index (κ1) is 14.4. The van der Waals surface area contributed by atoms with E-state index in [-0.39, 0.29) is 5.78 Å². The zero-order chi connectivity index (χ0) is 14.4. The zero-order valence-electron chi connectivity index (χ0n) is 12.1. The second-order valence-electron chi connectivity index (χ2n) is 5.08. The predicted molar refractivity (Wildman–Crippen MR) is 79.6 cm³/mol. The Balaban J connectivity index is 1.78. The molecule has 0 saturated heterocycles. The van der Waals surface area contributed by atoms with E-state index in [2.05, 4.69) is 9.97 Å². The largest absolute Gasteiger partial charge is 0.300 e. The minimum atomic E-state index is 0.275.